The molecule has 0 spiro atoms. The zero-order chi connectivity index (χ0) is 8.53. The monoisotopic (exact) mass is 220 g/mol. The number of rotatable bonds is 7. The molecule has 0 heterocycles. The van der Waals surface area contributed by atoms with Gasteiger partial charge in [0.15, 0.2) is 0 Å². The Morgan fingerprint density at radius 2 is 1.82 bits per heavy atom. The van der Waals surface area contributed by atoms with Gasteiger partial charge >= 0.3 is 0 Å². The number of alkyl halides is 1. The van der Waals surface area contributed by atoms with Crippen LogP contribution in [-0.2, 0) is 0 Å². The van der Waals surface area contributed by atoms with Crippen LogP contribution in [0, 0.1) is 5.92 Å². The van der Waals surface area contributed by atoms with E-state index < -0.39 is 0 Å². The van der Waals surface area contributed by atoms with E-state index in [2.05, 4.69) is 29.8 Å². The van der Waals surface area contributed by atoms with Crippen LogP contribution in [0.2, 0.25) is 0 Å². The highest BCUT2D eigenvalue weighted by Crippen LogP contribution is 2.14. The molecule has 0 saturated heterocycles. The molecule has 1 atom stereocenters. The van der Waals surface area contributed by atoms with Crippen LogP contribution in [0.15, 0.2) is 0 Å². The van der Waals surface area contributed by atoms with Crippen LogP contribution >= 0.6 is 15.9 Å². The Bertz CT molecular complexity index is 71.3. The summed E-state index contributed by atoms with van der Waals surface area (Å²) in [5.41, 5.74) is 0. The van der Waals surface area contributed by atoms with E-state index in [4.69, 9.17) is 0 Å². The summed E-state index contributed by atoms with van der Waals surface area (Å²) in [4.78, 5) is 0. The maximum absolute atomic E-state index is 3.47. The van der Waals surface area contributed by atoms with Crippen molar-refractivity contribution in [2.75, 3.05) is 5.33 Å². The number of halogens is 1. The zero-order valence-electron chi connectivity index (χ0n) is 7.91. The van der Waals surface area contributed by atoms with E-state index in [1.54, 1.807) is 0 Å². The highest BCUT2D eigenvalue weighted by molar-refractivity contribution is 9.09. The highest BCUT2D eigenvalue weighted by Gasteiger charge is 1.99. The first-order valence-corrected chi connectivity index (χ1v) is 5.99. The van der Waals surface area contributed by atoms with Crippen molar-refractivity contribution < 1.29 is 0 Å². The molecule has 0 amide bonds. The Labute approximate surface area is 79.9 Å². The van der Waals surface area contributed by atoms with Gasteiger partial charge in [-0.25, -0.2) is 0 Å². The summed E-state index contributed by atoms with van der Waals surface area (Å²) >= 11 is 3.47. The average Bonchev–Trinajstić information content (AvgIpc) is 1.99. The third-order valence-corrected chi connectivity index (χ3v) is 2.61. The van der Waals surface area contributed by atoms with Crippen molar-refractivity contribution in [1.29, 1.82) is 0 Å². The Morgan fingerprint density at radius 3 is 2.36 bits per heavy atom. The van der Waals surface area contributed by atoms with Gasteiger partial charge in [0, 0.05) is 5.33 Å². The van der Waals surface area contributed by atoms with Gasteiger partial charge in [0.25, 0.3) is 0 Å². The van der Waals surface area contributed by atoms with Gasteiger partial charge in [-0.15, -0.1) is 0 Å². The molecule has 1 heteroatoms. The predicted octanol–water partition coefficient (Wildman–Crippen LogP) is 4.38. The molecule has 0 aliphatic carbocycles. The molecular formula is C10H21Br. The molecule has 0 rings (SSSR count). The first-order valence-electron chi connectivity index (χ1n) is 4.87. The van der Waals surface area contributed by atoms with Crippen LogP contribution in [0.3, 0.4) is 0 Å². The molecule has 0 radical (unpaired) electrons. The summed E-state index contributed by atoms with van der Waals surface area (Å²) in [5.74, 6) is 0.922. The van der Waals surface area contributed by atoms with Crippen molar-refractivity contribution in [1.82, 2.24) is 0 Å². The number of hydrogen-bond donors (Lipinski definition) is 0. The number of hydrogen-bond acceptors (Lipinski definition) is 0. The Kier molecular flexibility index (Phi) is 8.95. The van der Waals surface area contributed by atoms with Crippen molar-refractivity contribution in [3.63, 3.8) is 0 Å². The largest absolute Gasteiger partial charge is 0.0928 e. The maximum Gasteiger partial charge on any atom is 0.00338 e. The van der Waals surface area contributed by atoms with Crippen molar-refractivity contribution in [3.8, 4) is 0 Å². The minimum atomic E-state index is 0.922. The van der Waals surface area contributed by atoms with E-state index in [9.17, 15) is 0 Å². The lowest BCUT2D eigenvalue weighted by atomic mass is 10.0. The molecule has 11 heavy (non-hydrogen) atoms. The quantitative estimate of drug-likeness (QED) is 0.442. The van der Waals surface area contributed by atoms with Gasteiger partial charge < -0.3 is 0 Å². The lowest BCUT2D eigenvalue weighted by Gasteiger charge is -2.07. The highest BCUT2D eigenvalue weighted by atomic mass is 79.9. The SMILES string of the molecule is CCCCCC[C@H](C)CCBr. The number of unbranched alkanes of at least 4 members (excludes halogenated alkanes) is 3. The van der Waals surface area contributed by atoms with Gasteiger partial charge in [-0.1, -0.05) is 61.9 Å². The summed E-state index contributed by atoms with van der Waals surface area (Å²) < 4.78 is 0. The molecule has 0 fully saturated rings. The van der Waals surface area contributed by atoms with Gasteiger partial charge in [-0.05, 0) is 12.3 Å². The fourth-order valence-corrected chi connectivity index (χ4v) is 2.03. The summed E-state index contributed by atoms with van der Waals surface area (Å²) in [6, 6.07) is 0. The minimum absolute atomic E-state index is 0.922. The first kappa shape index (κ1) is 11.5. The molecule has 0 aromatic heterocycles. The lowest BCUT2D eigenvalue weighted by Crippen LogP contribution is -1.94. The van der Waals surface area contributed by atoms with Crippen molar-refractivity contribution >= 4 is 15.9 Å². The average molecular weight is 221 g/mol. The fraction of sp³-hybridized carbons (Fsp3) is 1.00. The van der Waals surface area contributed by atoms with Crippen LogP contribution in [0.1, 0.15) is 52.4 Å². The fourth-order valence-electron chi connectivity index (χ4n) is 1.25. The summed E-state index contributed by atoms with van der Waals surface area (Å²) in [7, 11) is 0. The Balaban J connectivity index is 2.97. The molecule has 68 valence electrons. The van der Waals surface area contributed by atoms with E-state index in [-0.39, 0.29) is 0 Å². The van der Waals surface area contributed by atoms with Crippen LogP contribution in [0.25, 0.3) is 0 Å². The molecule has 0 aliphatic rings. The van der Waals surface area contributed by atoms with Gasteiger partial charge in [0.05, 0.1) is 0 Å². The molecule has 0 bridgehead atoms. The Morgan fingerprint density at radius 1 is 1.09 bits per heavy atom. The smallest absolute Gasteiger partial charge is 0.00338 e. The van der Waals surface area contributed by atoms with Crippen LogP contribution in [0.5, 0.6) is 0 Å². The van der Waals surface area contributed by atoms with E-state index in [1.165, 1.54) is 43.9 Å². The van der Waals surface area contributed by atoms with E-state index in [0.29, 0.717) is 0 Å². The molecule has 0 aromatic carbocycles. The minimum Gasteiger partial charge on any atom is -0.0928 e. The van der Waals surface area contributed by atoms with Crippen molar-refractivity contribution in [2.24, 2.45) is 5.92 Å². The molecule has 0 N–H and O–H groups in total. The predicted molar refractivity (Wildman–Crippen MR) is 56.3 cm³/mol. The van der Waals surface area contributed by atoms with Crippen molar-refractivity contribution in [2.45, 2.75) is 52.4 Å². The van der Waals surface area contributed by atoms with Crippen LogP contribution in [0.4, 0.5) is 0 Å². The van der Waals surface area contributed by atoms with Gasteiger partial charge in [0.2, 0.25) is 0 Å². The molecule has 0 aromatic rings. The van der Waals surface area contributed by atoms with E-state index in [1.807, 2.05) is 0 Å². The van der Waals surface area contributed by atoms with Crippen LogP contribution < -0.4 is 0 Å². The second kappa shape index (κ2) is 8.58. The second-order valence-electron chi connectivity index (χ2n) is 3.43. The van der Waals surface area contributed by atoms with Gasteiger partial charge in [-0.3, -0.25) is 0 Å². The van der Waals surface area contributed by atoms with Gasteiger partial charge in [-0.2, -0.15) is 0 Å². The second-order valence-corrected chi connectivity index (χ2v) is 4.23. The third-order valence-electron chi connectivity index (χ3n) is 2.15. The van der Waals surface area contributed by atoms with E-state index >= 15 is 0 Å². The molecule has 0 saturated carbocycles. The molecular weight excluding hydrogens is 200 g/mol. The zero-order valence-corrected chi connectivity index (χ0v) is 9.49. The Hall–Kier alpha value is 0.480. The summed E-state index contributed by atoms with van der Waals surface area (Å²) in [6.45, 7) is 4.62. The molecule has 0 unspecified atom stereocenters. The third kappa shape index (κ3) is 8.39. The summed E-state index contributed by atoms with van der Waals surface area (Å²) in [6.07, 6.45) is 8.40. The van der Waals surface area contributed by atoms with E-state index in [0.717, 1.165) is 5.92 Å². The van der Waals surface area contributed by atoms with Gasteiger partial charge in [0.1, 0.15) is 0 Å². The lowest BCUT2D eigenvalue weighted by molar-refractivity contribution is 0.481. The topological polar surface area (TPSA) is 0 Å². The van der Waals surface area contributed by atoms with Crippen molar-refractivity contribution in [3.05, 3.63) is 0 Å². The summed E-state index contributed by atoms with van der Waals surface area (Å²) in [5, 5.41) is 1.17. The normalized spacial score (nSPS) is 13.4. The molecule has 0 aliphatic heterocycles. The standard InChI is InChI=1S/C10H21Br/c1-3-4-5-6-7-10(2)8-9-11/h10H,3-9H2,1-2H3/t10-/m0/s1. The first-order chi connectivity index (χ1) is 5.31. The maximum atomic E-state index is 3.47. The van der Waals surface area contributed by atoms with Crippen LogP contribution in [-0.4, -0.2) is 5.33 Å². The molecule has 0 nitrogen and oxygen atoms in total.